The van der Waals surface area contributed by atoms with Crippen LogP contribution < -0.4 is 4.74 Å². The van der Waals surface area contributed by atoms with Crippen molar-refractivity contribution >= 4 is 0 Å². The van der Waals surface area contributed by atoms with E-state index in [0.29, 0.717) is 5.41 Å². The molecule has 0 amide bonds. The van der Waals surface area contributed by atoms with Gasteiger partial charge in [-0.15, -0.1) is 0 Å². The molecule has 0 saturated heterocycles. The molecule has 4 rings (SSSR count). The van der Waals surface area contributed by atoms with Crippen LogP contribution in [0.25, 0.3) is 11.1 Å². The van der Waals surface area contributed by atoms with E-state index in [2.05, 4.69) is 51.1 Å². The van der Waals surface area contributed by atoms with Gasteiger partial charge in [-0.3, -0.25) is 0 Å². The Bertz CT molecular complexity index is 806. The maximum absolute atomic E-state index is 5.95. The average Bonchev–Trinajstić information content (AvgIpc) is 2.80. The molecule has 2 aromatic rings. The van der Waals surface area contributed by atoms with Crippen LogP contribution in [0.15, 0.2) is 30.3 Å². The topological polar surface area (TPSA) is 9.23 Å². The van der Waals surface area contributed by atoms with E-state index in [9.17, 15) is 0 Å². The van der Waals surface area contributed by atoms with Crippen molar-refractivity contribution in [2.75, 3.05) is 0 Å². The number of benzene rings is 2. The summed E-state index contributed by atoms with van der Waals surface area (Å²) in [6.07, 6.45) is 4.77. The molecule has 0 saturated carbocycles. The van der Waals surface area contributed by atoms with Crippen LogP contribution >= 0.6 is 0 Å². The molecule has 1 heteroatoms. The van der Waals surface area contributed by atoms with Crippen molar-refractivity contribution in [3.8, 4) is 16.9 Å². The first kappa shape index (κ1) is 15.7. The molecule has 0 fully saturated rings. The van der Waals surface area contributed by atoms with Crippen molar-refractivity contribution in [3.05, 3.63) is 59.5 Å². The number of rotatable bonds is 2. The minimum Gasteiger partial charge on any atom is -0.488 e. The summed E-state index contributed by atoms with van der Waals surface area (Å²) in [6.45, 7) is 12.8. The Kier molecular flexibility index (Phi) is 3.36. The highest BCUT2D eigenvalue weighted by Gasteiger charge is 2.33. The summed E-state index contributed by atoms with van der Waals surface area (Å²) in [5.74, 6) is 0.930. The molecule has 2 aromatic carbocycles. The van der Waals surface area contributed by atoms with Crippen molar-refractivity contribution in [1.29, 1.82) is 0 Å². The summed E-state index contributed by atoms with van der Waals surface area (Å²) in [6, 6.07) is 11.3. The summed E-state index contributed by atoms with van der Waals surface area (Å²) >= 11 is 0. The van der Waals surface area contributed by atoms with Crippen LogP contribution in [0.4, 0.5) is 0 Å². The molecule has 2 aliphatic carbocycles. The number of fused-ring (bicyclic) bond motifs is 5. The smallest absolute Gasteiger partial charge is 0.120 e. The fourth-order valence-electron chi connectivity index (χ4n) is 4.40. The molecule has 0 atom stereocenters. The van der Waals surface area contributed by atoms with E-state index in [0.717, 1.165) is 18.6 Å². The third-order valence-corrected chi connectivity index (χ3v) is 5.57. The molecule has 0 aliphatic heterocycles. The average molecular weight is 319 g/mol. The first-order valence-electron chi connectivity index (χ1n) is 9.07. The quantitative estimate of drug-likeness (QED) is 0.693. The third-order valence-electron chi connectivity index (χ3n) is 5.57. The lowest BCUT2D eigenvalue weighted by molar-refractivity contribution is 0.159. The van der Waals surface area contributed by atoms with Crippen LogP contribution in [0.5, 0.6) is 5.75 Å². The van der Waals surface area contributed by atoms with E-state index in [4.69, 9.17) is 4.74 Å². The first-order chi connectivity index (χ1) is 11.2. The van der Waals surface area contributed by atoms with Gasteiger partial charge in [-0.2, -0.15) is 0 Å². The molecule has 1 nitrogen and oxygen atoms in total. The number of aryl methyl sites for hydroxylation is 1. The molecule has 24 heavy (non-hydrogen) atoms. The molecular formula is C23H27O. The normalized spacial score (nSPS) is 17.9. The molecule has 0 bridgehead atoms. The van der Waals surface area contributed by atoms with Crippen molar-refractivity contribution in [2.45, 2.75) is 64.4 Å². The predicted octanol–water partition coefficient (Wildman–Crippen LogP) is 5.67. The summed E-state index contributed by atoms with van der Waals surface area (Å²) in [7, 11) is 0. The summed E-state index contributed by atoms with van der Waals surface area (Å²) in [5.41, 5.74) is 8.96. The van der Waals surface area contributed by atoms with E-state index in [1.165, 1.54) is 29.5 Å². The van der Waals surface area contributed by atoms with E-state index in [1.807, 2.05) is 13.8 Å². The highest BCUT2D eigenvalue weighted by atomic mass is 16.5. The lowest BCUT2D eigenvalue weighted by Crippen LogP contribution is -2.23. The Balaban J connectivity index is 1.77. The second-order valence-corrected chi connectivity index (χ2v) is 8.68. The minimum atomic E-state index is -0.396. The zero-order valence-corrected chi connectivity index (χ0v) is 15.3. The molecule has 0 spiro atoms. The van der Waals surface area contributed by atoms with Gasteiger partial charge in [-0.05, 0) is 97.4 Å². The van der Waals surface area contributed by atoms with Gasteiger partial charge in [0.2, 0.25) is 0 Å². The molecule has 2 aliphatic rings. The molecule has 0 unspecified atom stereocenters. The van der Waals surface area contributed by atoms with Crippen molar-refractivity contribution in [1.82, 2.24) is 0 Å². The monoisotopic (exact) mass is 319 g/mol. The van der Waals surface area contributed by atoms with Gasteiger partial charge in [0.05, 0.1) is 0 Å². The zero-order chi connectivity index (χ0) is 17.1. The maximum Gasteiger partial charge on any atom is 0.120 e. The first-order valence-corrected chi connectivity index (χ1v) is 9.07. The van der Waals surface area contributed by atoms with Gasteiger partial charge in [0, 0.05) is 0 Å². The Hall–Kier alpha value is -1.76. The fourth-order valence-corrected chi connectivity index (χ4v) is 4.40. The van der Waals surface area contributed by atoms with Crippen molar-refractivity contribution < 1.29 is 4.74 Å². The summed E-state index contributed by atoms with van der Waals surface area (Å²) < 4.78 is 5.95. The Morgan fingerprint density at radius 1 is 0.958 bits per heavy atom. The van der Waals surface area contributed by atoms with Gasteiger partial charge < -0.3 is 4.74 Å². The van der Waals surface area contributed by atoms with Crippen LogP contribution in [0.1, 0.15) is 56.4 Å². The predicted molar refractivity (Wildman–Crippen MR) is 101 cm³/mol. The Labute approximate surface area is 146 Å². The molecule has 0 heterocycles. The van der Waals surface area contributed by atoms with Crippen LogP contribution in [0, 0.1) is 6.92 Å². The van der Waals surface area contributed by atoms with Crippen LogP contribution in [0.2, 0.25) is 0 Å². The van der Waals surface area contributed by atoms with Crippen molar-refractivity contribution in [2.24, 2.45) is 0 Å². The van der Waals surface area contributed by atoms with E-state index in [-0.39, 0.29) is 0 Å². The molecule has 0 aromatic heterocycles. The number of ether oxygens (including phenoxy) is 1. The Morgan fingerprint density at radius 2 is 1.71 bits per heavy atom. The second kappa shape index (κ2) is 5.12. The lowest BCUT2D eigenvalue weighted by Gasteiger charge is -2.26. The lowest BCUT2D eigenvalue weighted by atomic mass is 9.80. The molecule has 0 N–H and O–H groups in total. The minimum absolute atomic E-state index is 0.335. The zero-order valence-electron chi connectivity index (χ0n) is 15.3. The highest BCUT2D eigenvalue weighted by Crippen LogP contribution is 2.45. The van der Waals surface area contributed by atoms with Gasteiger partial charge in [0.1, 0.15) is 11.4 Å². The summed E-state index contributed by atoms with van der Waals surface area (Å²) in [4.78, 5) is 0. The van der Waals surface area contributed by atoms with Gasteiger partial charge >= 0.3 is 0 Å². The fraction of sp³-hybridized carbons (Fsp3) is 0.435. The number of hydrogen-bond acceptors (Lipinski definition) is 1. The maximum atomic E-state index is 5.95. The molecular weight excluding hydrogens is 292 g/mol. The van der Waals surface area contributed by atoms with E-state index < -0.39 is 5.60 Å². The van der Waals surface area contributed by atoms with Gasteiger partial charge in [-0.1, -0.05) is 32.0 Å². The molecule has 125 valence electrons. The third kappa shape index (κ3) is 2.55. The van der Waals surface area contributed by atoms with Crippen LogP contribution in [-0.2, 0) is 24.7 Å². The van der Waals surface area contributed by atoms with Crippen molar-refractivity contribution in [3.63, 3.8) is 0 Å². The SMILES string of the molecule is [CH2]C(C)(C)Oc1ccc2c(c1)CCc1c-2ccc2c1CCC2(C)C. The van der Waals surface area contributed by atoms with Crippen LogP contribution in [0.3, 0.4) is 0 Å². The summed E-state index contributed by atoms with van der Waals surface area (Å²) in [5, 5.41) is 0. The largest absolute Gasteiger partial charge is 0.488 e. The Morgan fingerprint density at radius 3 is 2.46 bits per heavy atom. The standard InChI is InChI=1S/C23H27O/c1-22(2,3)24-16-7-9-17-15(14-16)6-8-19-18(17)10-11-21-20(19)12-13-23(21,4)5/h7,9-11,14H,1,6,8,12-13H2,2-5H3. The van der Waals surface area contributed by atoms with E-state index in [1.54, 1.807) is 16.7 Å². The van der Waals surface area contributed by atoms with Gasteiger partial charge in [-0.25, -0.2) is 0 Å². The van der Waals surface area contributed by atoms with Gasteiger partial charge in [0.25, 0.3) is 0 Å². The second-order valence-electron chi connectivity index (χ2n) is 8.68. The highest BCUT2D eigenvalue weighted by molar-refractivity contribution is 5.76. The molecule has 1 radical (unpaired) electrons. The number of hydrogen-bond donors (Lipinski definition) is 0. The van der Waals surface area contributed by atoms with Crippen LogP contribution in [-0.4, -0.2) is 5.60 Å². The van der Waals surface area contributed by atoms with Gasteiger partial charge in [0.15, 0.2) is 0 Å². The van der Waals surface area contributed by atoms with E-state index >= 15 is 0 Å².